The number of aliphatic carboxylic acids is 1. The number of carboxylic acid groups (broad SMARTS) is 1. The zero-order valence-electron chi connectivity index (χ0n) is 9.95. The number of hydrogen-bond acceptors (Lipinski definition) is 2. The molecule has 0 bridgehead atoms. The molecule has 0 aromatic carbocycles. The van der Waals surface area contributed by atoms with Crippen LogP contribution in [0.3, 0.4) is 0 Å². The summed E-state index contributed by atoms with van der Waals surface area (Å²) in [6, 6.07) is 0.961. The van der Waals surface area contributed by atoms with Crippen molar-refractivity contribution in [3.8, 4) is 0 Å². The first-order valence-corrected chi connectivity index (χ1v) is 5.55. The summed E-state index contributed by atoms with van der Waals surface area (Å²) in [5, 5.41) is 12.5. The molecular formula is C11H13F3N2O2. The largest absolute Gasteiger partial charge is 0.479 e. The second kappa shape index (κ2) is 3.73. The van der Waals surface area contributed by atoms with E-state index in [-0.39, 0.29) is 5.92 Å². The average molecular weight is 262 g/mol. The van der Waals surface area contributed by atoms with E-state index < -0.39 is 23.4 Å². The van der Waals surface area contributed by atoms with Gasteiger partial charge in [0.1, 0.15) is 0 Å². The Kier molecular flexibility index (Phi) is 2.68. The maximum Gasteiger partial charge on any atom is 0.435 e. The van der Waals surface area contributed by atoms with E-state index >= 15 is 0 Å². The van der Waals surface area contributed by atoms with Crippen molar-refractivity contribution in [3.63, 3.8) is 0 Å². The SMILES string of the molecule is CC(C)(C(=O)O)n1nc(C(F)(F)F)cc1C1CC1. The molecule has 0 saturated heterocycles. The van der Waals surface area contributed by atoms with Crippen molar-refractivity contribution in [1.29, 1.82) is 0 Å². The molecule has 1 saturated carbocycles. The van der Waals surface area contributed by atoms with Crippen molar-refractivity contribution in [2.75, 3.05) is 0 Å². The van der Waals surface area contributed by atoms with Crippen LogP contribution in [0.5, 0.6) is 0 Å². The lowest BCUT2D eigenvalue weighted by Crippen LogP contribution is -2.37. The Labute approximate surface area is 101 Å². The molecule has 1 aliphatic rings. The van der Waals surface area contributed by atoms with Gasteiger partial charge in [-0.25, -0.2) is 4.79 Å². The lowest BCUT2D eigenvalue weighted by Gasteiger charge is -2.22. The van der Waals surface area contributed by atoms with Gasteiger partial charge in [-0.1, -0.05) is 0 Å². The minimum absolute atomic E-state index is 0.00720. The van der Waals surface area contributed by atoms with E-state index in [9.17, 15) is 18.0 Å². The van der Waals surface area contributed by atoms with Gasteiger partial charge in [-0.15, -0.1) is 0 Å². The van der Waals surface area contributed by atoms with E-state index in [0.717, 1.165) is 23.6 Å². The number of rotatable bonds is 3. The maximum atomic E-state index is 12.6. The Morgan fingerprint density at radius 2 is 2.00 bits per heavy atom. The summed E-state index contributed by atoms with van der Waals surface area (Å²) >= 11 is 0. The van der Waals surface area contributed by atoms with Crippen LogP contribution in [0.1, 0.15) is 44.0 Å². The number of alkyl halides is 3. The average Bonchev–Trinajstić information content (AvgIpc) is 2.94. The number of hydrogen-bond donors (Lipinski definition) is 1. The van der Waals surface area contributed by atoms with Crippen LogP contribution < -0.4 is 0 Å². The fourth-order valence-corrected chi connectivity index (χ4v) is 1.74. The van der Waals surface area contributed by atoms with Gasteiger partial charge < -0.3 is 5.11 Å². The van der Waals surface area contributed by atoms with Crippen LogP contribution in [0.25, 0.3) is 0 Å². The quantitative estimate of drug-likeness (QED) is 0.910. The Morgan fingerprint density at radius 1 is 1.44 bits per heavy atom. The van der Waals surface area contributed by atoms with Crippen LogP contribution >= 0.6 is 0 Å². The van der Waals surface area contributed by atoms with Crippen LogP contribution in [0.15, 0.2) is 6.07 Å². The fraction of sp³-hybridized carbons (Fsp3) is 0.636. The highest BCUT2D eigenvalue weighted by Gasteiger charge is 2.42. The molecule has 1 N–H and O–H groups in total. The summed E-state index contributed by atoms with van der Waals surface area (Å²) in [6.07, 6.45) is -3.00. The Morgan fingerprint density at radius 3 is 2.39 bits per heavy atom. The predicted octanol–water partition coefficient (Wildman–Crippen LogP) is 2.60. The molecule has 0 aliphatic heterocycles. The van der Waals surface area contributed by atoms with Crippen LogP contribution in [-0.4, -0.2) is 20.9 Å². The Balaban J connectivity index is 2.52. The third-order valence-corrected chi connectivity index (χ3v) is 3.08. The molecule has 4 nitrogen and oxygen atoms in total. The summed E-state index contributed by atoms with van der Waals surface area (Å²) in [4.78, 5) is 11.1. The highest BCUT2D eigenvalue weighted by molar-refractivity contribution is 5.75. The van der Waals surface area contributed by atoms with E-state index in [4.69, 9.17) is 5.11 Å². The Hall–Kier alpha value is -1.53. The lowest BCUT2D eigenvalue weighted by atomic mass is 10.1. The lowest BCUT2D eigenvalue weighted by molar-refractivity contribution is -0.148. The molecule has 0 unspecified atom stereocenters. The number of nitrogens with zero attached hydrogens (tertiary/aromatic N) is 2. The molecule has 2 rings (SSSR count). The molecular weight excluding hydrogens is 249 g/mol. The molecule has 0 atom stereocenters. The Bertz CT molecular complexity index is 487. The highest BCUT2D eigenvalue weighted by atomic mass is 19.4. The summed E-state index contributed by atoms with van der Waals surface area (Å²) < 4.78 is 38.9. The van der Waals surface area contributed by atoms with Gasteiger partial charge in [-0.05, 0) is 32.8 Å². The first-order valence-electron chi connectivity index (χ1n) is 5.55. The molecule has 7 heteroatoms. The number of carbonyl (C=O) groups is 1. The third kappa shape index (κ3) is 2.09. The van der Waals surface area contributed by atoms with Gasteiger partial charge in [0.15, 0.2) is 11.2 Å². The van der Waals surface area contributed by atoms with E-state index in [1.54, 1.807) is 0 Å². The van der Waals surface area contributed by atoms with Gasteiger partial charge in [0.05, 0.1) is 0 Å². The normalized spacial score (nSPS) is 16.9. The summed E-state index contributed by atoms with van der Waals surface area (Å²) in [6.45, 7) is 2.68. The molecule has 1 aromatic heterocycles. The standard InChI is InChI=1S/C11H13F3N2O2/c1-10(2,9(17)18)16-7(6-3-4-6)5-8(15-16)11(12,13)14/h5-6H,3-4H2,1-2H3,(H,17,18). The highest BCUT2D eigenvalue weighted by Crippen LogP contribution is 2.43. The summed E-state index contributed by atoms with van der Waals surface area (Å²) in [7, 11) is 0. The molecule has 1 fully saturated rings. The van der Waals surface area contributed by atoms with Crippen molar-refractivity contribution in [3.05, 3.63) is 17.5 Å². The third-order valence-electron chi connectivity index (χ3n) is 3.08. The fourth-order valence-electron chi connectivity index (χ4n) is 1.74. The van der Waals surface area contributed by atoms with Gasteiger partial charge in [0, 0.05) is 11.6 Å². The minimum Gasteiger partial charge on any atom is -0.479 e. The van der Waals surface area contributed by atoms with Gasteiger partial charge >= 0.3 is 12.1 Å². The van der Waals surface area contributed by atoms with Crippen LogP contribution in [-0.2, 0) is 16.5 Å². The van der Waals surface area contributed by atoms with Crippen LogP contribution in [0.2, 0.25) is 0 Å². The molecule has 0 radical (unpaired) electrons. The molecule has 1 aromatic rings. The topological polar surface area (TPSA) is 55.1 Å². The van der Waals surface area contributed by atoms with Crippen molar-refractivity contribution in [2.24, 2.45) is 0 Å². The zero-order valence-corrected chi connectivity index (χ0v) is 9.95. The van der Waals surface area contributed by atoms with Crippen LogP contribution in [0, 0.1) is 0 Å². The van der Waals surface area contributed by atoms with E-state index in [0.29, 0.717) is 5.69 Å². The molecule has 1 aliphatic carbocycles. The van der Waals surface area contributed by atoms with E-state index in [2.05, 4.69) is 5.10 Å². The number of aromatic nitrogens is 2. The smallest absolute Gasteiger partial charge is 0.435 e. The first-order chi connectivity index (χ1) is 8.14. The molecule has 1 heterocycles. The zero-order chi connectivity index (χ0) is 13.7. The predicted molar refractivity (Wildman–Crippen MR) is 56.2 cm³/mol. The minimum atomic E-state index is -4.55. The second-order valence-corrected chi connectivity index (χ2v) is 5.00. The van der Waals surface area contributed by atoms with Gasteiger partial charge in [0.25, 0.3) is 0 Å². The van der Waals surface area contributed by atoms with Crippen molar-refractivity contribution in [2.45, 2.75) is 44.3 Å². The van der Waals surface area contributed by atoms with E-state index in [1.807, 2.05) is 0 Å². The van der Waals surface area contributed by atoms with Crippen molar-refractivity contribution >= 4 is 5.97 Å². The van der Waals surface area contributed by atoms with Gasteiger partial charge in [-0.2, -0.15) is 18.3 Å². The first kappa shape index (κ1) is 12.9. The second-order valence-electron chi connectivity index (χ2n) is 5.00. The molecule has 0 amide bonds. The van der Waals surface area contributed by atoms with Gasteiger partial charge in [-0.3, -0.25) is 4.68 Å². The molecule has 0 spiro atoms. The van der Waals surface area contributed by atoms with E-state index in [1.165, 1.54) is 13.8 Å². The number of halogens is 3. The summed E-state index contributed by atoms with van der Waals surface area (Å²) in [5.41, 5.74) is -2.16. The monoisotopic (exact) mass is 262 g/mol. The van der Waals surface area contributed by atoms with Crippen LogP contribution in [0.4, 0.5) is 13.2 Å². The maximum absolute atomic E-state index is 12.6. The molecule has 100 valence electrons. The van der Waals surface area contributed by atoms with Gasteiger partial charge in [0.2, 0.25) is 0 Å². The number of carboxylic acids is 1. The summed E-state index contributed by atoms with van der Waals surface area (Å²) in [5.74, 6) is -1.21. The van der Waals surface area contributed by atoms with Crippen molar-refractivity contribution < 1.29 is 23.1 Å². The van der Waals surface area contributed by atoms with Crippen molar-refractivity contribution in [1.82, 2.24) is 9.78 Å². The molecule has 18 heavy (non-hydrogen) atoms.